The fraction of sp³-hybridized carbons (Fsp3) is 1.00. The molecule has 0 aliphatic rings. The minimum absolute atomic E-state index is 0. The predicted octanol–water partition coefficient (Wildman–Crippen LogP) is -2.49. The van der Waals surface area contributed by atoms with Crippen LogP contribution in [0.3, 0.4) is 0 Å². The monoisotopic (exact) mass is 467 g/mol. The van der Waals surface area contributed by atoms with Crippen molar-refractivity contribution >= 4 is 0 Å². The Kier molecular flexibility index (Phi) is 29.6. The van der Waals surface area contributed by atoms with E-state index in [1.165, 1.54) is 25.7 Å². The van der Waals surface area contributed by atoms with Crippen molar-refractivity contribution in [2.75, 3.05) is 0 Å². The van der Waals surface area contributed by atoms with Gasteiger partial charge in [0.2, 0.25) is 0 Å². The van der Waals surface area contributed by atoms with Gasteiger partial charge < -0.3 is 34.0 Å². The van der Waals surface area contributed by atoms with Gasteiger partial charge in [0.05, 0.1) is 0 Å². The van der Waals surface area contributed by atoms with Crippen molar-refractivity contribution in [3.05, 3.63) is 0 Å². The molecule has 0 nitrogen and oxygen atoms in total. The van der Waals surface area contributed by atoms with Gasteiger partial charge in [-0.15, -0.1) is 0 Å². The van der Waals surface area contributed by atoms with Crippen LogP contribution in [0.2, 0.25) is 9.62 Å². The largest absolute Gasteiger partial charge is 1.00 e. The third-order valence-corrected chi connectivity index (χ3v) is 4.37. The van der Waals surface area contributed by atoms with Crippen molar-refractivity contribution in [2.24, 2.45) is 0 Å². The molecular weight excluding hydrogens is 451 g/mol. The maximum Gasteiger partial charge on any atom is -1.00 e. The van der Waals surface area contributed by atoms with Gasteiger partial charge in [-0.25, -0.2) is 0 Å². The molecule has 0 amide bonds. The van der Waals surface area contributed by atoms with Crippen LogP contribution in [0.25, 0.3) is 0 Å². The Morgan fingerprint density at radius 1 is 0.818 bits per heavy atom. The van der Waals surface area contributed by atoms with Gasteiger partial charge >= 0.3 is 67.7 Å². The molecule has 74 valence electrons. The summed E-state index contributed by atoms with van der Waals surface area (Å²) in [6, 6.07) is 0. The minimum Gasteiger partial charge on any atom is -1.00 e. The summed E-state index contributed by atoms with van der Waals surface area (Å²) in [6.45, 7) is 4.56. The number of rotatable bonds is 6. The Morgan fingerprint density at radius 2 is 1.18 bits per heavy atom. The molecular formula is C8H18Br2Pt. The Balaban J connectivity index is -0.000000320. The summed E-state index contributed by atoms with van der Waals surface area (Å²) >= 11 is 0.603. The zero-order valence-electron chi connectivity index (χ0n) is 7.31. The third-order valence-electron chi connectivity index (χ3n) is 1.15. The van der Waals surface area contributed by atoms with E-state index in [9.17, 15) is 0 Å². The molecule has 11 heavy (non-hydrogen) atoms. The van der Waals surface area contributed by atoms with E-state index < -0.39 is 0 Å². The zero-order valence-corrected chi connectivity index (χ0v) is 12.8. The molecule has 0 N–H and O–H groups in total. The number of halogens is 2. The fourth-order valence-corrected chi connectivity index (χ4v) is 3.77. The van der Waals surface area contributed by atoms with Crippen molar-refractivity contribution in [3.8, 4) is 0 Å². The second-order valence-corrected chi connectivity index (χ2v) is 5.59. The summed E-state index contributed by atoms with van der Waals surface area (Å²) in [5.74, 6) is 0. The van der Waals surface area contributed by atoms with Gasteiger partial charge in [0.25, 0.3) is 0 Å². The van der Waals surface area contributed by atoms with Crippen LogP contribution in [0.4, 0.5) is 0 Å². The molecule has 0 rings (SSSR count). The molecule has 0 bridgehead atoms. The molecule has 0 saturated carbocycles. The van der Waals surface area contributed by atoms with Crippen molar-refractivity contribution < 1.29 is 52.5 Å². The first-order valence-electron chi connectivity index (χ1n) is 3.86. The summed E-state index contributed by atoms with van der Waals surface area (Å²) in [5, 5.41) is 0. The molecule has 0 aliphatic heterocycles. The Hall–Kier alpha value is 1.65. The van der Waals surface area contributed by atoms with Crippen LogP contribution < -0.4 is 34.0 Å². The maximum absolute atomic E-state index is 2.28. The van der Waals surface area contributed by atoms with E-state index in [-0.39, 0.29) is 34.0 Å². The third kappa shape index (κ3) is 18.5. The van der Waals surface area contributed by atoms with E-state index in [0.717, 1.165) is 0 Å². The molecule has 0 aromatic rings. The molecule has 0 spiro atoms. The predicted molar refractivity (Wildman–Crippen MR) is 39.4 cm³/mol. The molecule has 3 heteroatoms. The molecule has 0 aromatic heterocycles. The van der Waals surface area contributed by atoms with Crippen LogP contribution in [-0.2, 0) is 18.6 Å². The number of hydrogen-bond acceptors (Lipinski definition) is 0. The van der Waals surface area contributed by atoms with Crippen LogP contribution in [0, 0.1) is 0 Å². The van der Waals surface area contributed by atoms with Crippen LogP contribution in [0.1, 0.15) is 39.5 Å². The molecule has 0 saturated heterocycles. The number of hydrogen-bond donors (Lipinski definition) is 0. The summed E-state index contributed by atoms with van der Waals surface area (Å²) in [7, 11) is 0. The van der Waals surface area contributed by atoms with Gasteiger partial charge in [-0.1, -0.05) is 0 Å². The average Bonchev–Trinajstić information content (AvgIpc) is 1.89. The SMILES string of the molecule is CCC[CH2][Pt+2][CH2]CCC.[Br-].[Br-]. The van der Waals surface area contributed by atoms with E-state index in [1.54, 1.807) is 9.62 Å². The molecule has 0 heterocycles. The Labute approximate surface area is 101 Å². The molecule has 0 fully saturated rings. The quantitative estimate of drug-likeness (QED) is 0.379. The average molecular weight is 469 g/mol. The molecule has 0 radical (unpaired) electrons. The van der Waals surface area contributed by atoms with Crippen molar-refractivity contribution in [1.82, 2.24) is 0 Å². The van der Waals surface area contributed by atoms with Gasteiger partial charge in [0, 0.05) is 0 Å². The van der Waals surface area contributed by atoms with Crippen LogP contribution >= 0.6 is 0 Å². The van der Waals surface area contributed by atoms with Gasteiger partial charge in [-0.3, -0.25) is 0 Å². The smallest absolute Gasteiger partial charge is 1.00 e. The van der Waals surface area contributed by atoms with Crippen molar-refractivity contribution in [3.63, 3.8) is 0 Å². The topological polar surface area (TPSA) is 0 Å². The van der Waals surface area contributed by atoms with Gasteiger partial charge in [-0.2, -0.15) is 0 Å². The van der Waals surface area contributed by atoms with Crippen LogP contribution in [-0.4, -0.2) is 0 Å². The normalized spacial score (nSPS) is 8.55. The molecule has 0 atom stereocenters. The van der Waals surface area contributed by atoms with E-state index >= 15 is 0 Å². The maximum atomic E-state index is 2.28. The molecule has 0 aliphatic carbocycles. The van der Waals surface area contributed by atoms with Crippen molar-refractivity contribution in [1.29, 1.82) is 0 Å². The second-order valence-electron chi connectivity index (χ2n) is 2.18. The summed E-state index contributed by atoms with van der Waals surface area (Å²) in [6.07, 6.45) is 5.76. The molecule has 0 unspecified atom stereocenters. The number of unbranched alkanes of at least 4 members (excludes halogenated alkanes) is 2. The van der Waals surface area contributed by atoms with E-state index in [2.05, 4.69) is 13.8 Å². The zero-order chi connectivity index (χ0) is 6.95. The fourth-order valence-electron chi connectivity index (χ4n) is 0.461. The first kappa shape index (κ1) is 18.4. The summed E-state index contributed by atoms with van der Waals surface area (Å²) in [4.78, 5) is 3.13. The van der Waals surface area contributed by atoms with E-state index in [1.807, 2.05) is 0 Å². The van der Waals surface area contributed by atoms with Gasteiger partial charge in [-0.05, 0) is 0 Å². The summed E-state index contributed by atoms with van der Waals surface area (Å²) in [5.41, 5.74) is 0. The standard InChI is InChI=1S/2C4H9.2BrH.Pt/c2*1-3-4-2;;;/h2*1,3-4H2,2H3;2*1H;/q;;;;+2/p-2. The first-order valence-corrected chi connectivity index (χ1v) is 7.07. The van der Waals surface area contributed by atoms with E-state index in [0.29, 0.717) is 18.6 Å². The Bertz CT molecular complexity index is 45.4. The second kappa shape index (κ2) is 17.7. The van der Waals surface area contributed by atoms with E-state index in [4.69, 9.17) is 0 Å². The van der Waals surface area contributed by atoms with Crippen molar-refractivity contribution in [2.45, 2.75) is 49.2 Å². The molecule has 0 aromatic carbocycles. The van der Waals surface area contributed by atoms with Gasteiger partial charge in [0.15, 0.2) is 0 Å². The van der Waals surface area contributed by atoms with Crippen LogP contribution in [0.15, 0.2) is 0 Å². The first-order chi connectivity index (χ1) is 4.41. The van der Waals surface area contributed by atoms with Crippen LogP contribution in [0.5, 0.6) is 0 Å². The summed E-state index contributed by atoms with van der Waals surface area (Å²) < 4.78 is 0. The Morgan fingerprint density at radius 3 is 1.45 bits per heavy atom. The van der Waals surface area contributed by atoms with Gasteiger partial charge in [0.1, 0.15) is 0 Å². The minimum atomic E-state index is 0.